The van der Waals surface area contributed by atoms with Crippen LogP contribution in [0.25, 0.3) is 0 Å². The zero-order valence-corrected chi connectivity index (χ0v) is 6.52. The minimum atomic E-state index is -0.435. The van der Waals surface area contributed by atoms with Gasteiger partial charge in [0.25, 0.3) is 5.56 Å². The van der Waals surface area contributed by atoms with E-state index in [0.717, 1.165) is 11.7 Å². The number of H-pyrrole nitrogens is 1. The van der Waals surface area contributed by atoms with Crippen LogP contribution in [0.15, 0.2) is 4.79 Å². The van der Waals surface area contributed by atoms with Crippen LogP contribution in [-0.4, -0.2) is 8.75 Å². The normalized spacial score (nSPS) is 12.4. The lowest BCUT2D eigenvalue weighted by Gasteiger charge is -1.99. The molecule has 0 saturated carbocycles. The Hall–Kier alpha value is -1.12. The van der Waals surface area contributed by atoms with Crippen molar-refractivity contribution in [2.75, 3.05) is 0 Å². The lowest BCUT2D eigenvalue weighted by Crippen LogP contribution is -2.18. The molecule has 5 heteroatoms. The van der Waals surface area contributed by atoms with Gasteiger partial charge >= 0.3 is 0 Å². The van der Waals surface area contributed by atoms with Gasteiger partial charge in [0, 0.05) is 18.1 Å². The number of nitrogens with one attached hydrogen (secondary N) is 1. The second-order valence-electron chi connectivity index (χ2n) is 2.01. The second-order valence-corrected chi connectivity index (χ2v) is 2.58. The molecule has 1 heterocycles. The van der Waals surface area contributed by atoms with E-state index in [4.69, 9.17) is 12.2 Å². The molecule has 11 heavy (non-hydrogen) atoms. The molecule has 58 valence electrons. The molecule has 0 aliphatic carbocycles. The van der Waals surface area contributed by atoms with Crippen LogP contribution in [-0.2, 0) is 0 Å². The molecular formula is C6H7N3OS. The minimum absolute atomic E-state index is 0.238. The fraction of sp³-hybridized carbons (Fsp3) is 0.333. The number of hydrogen-bond donors (Lipinski definition) is 2. The van der Waals surface area contributed by atoms with E-state index in [2.05, 4.69) is 14.7 Å². The molecule has 0 aliphatic heterocycles. The molecule has 0 aromatic carbocycles. The Morgan fingerprint density at radius 3 is 3.09 bits per heavy atom. The standard InChI is InChI=1S/C6H7N3OS/c1-2-3-4(7)5-6(10)9-11-8-5/h1,4H,3,7H2,(H,9,10)/t4-/m1/s1. The van der Waals surface area contributed by atoms with Crippen molar-refractivity contribution in [2.45, 2.75) is 12.5 Å². The molecule has 0 aliphatic rings. The van der Waals surface area contributed by atoms with E-state index in [-0.39, 0.29) is 5.56 Å². The molecule has 4 nitrogen and oxygen atoms in total. The molecule has 0 amide bonds. The smallest absolute Gasteiger partial charge is 0.282 e. The highest BCUT2D eigenvalue weighted by Crippen LogP contribution is 2.05. The maximum absolute atomic E-state index is 10.9. The highest BCUT2D eigenvalue weighted by molar-refractivity contribution is 6.99. The summed E-state index contributed by atoms with van der Waals surface area (Å²) < 4.78 is 6.22. The molecule has 1 aromatic heterocycles. The topological polar surface area (TPSA) is 71.8 Å². The Labute approximate surface area is 67.8 Å². The molecule has 0 radical (unpaired) electrons. The van der Waals surface area contributed by atoms with Gasteiger partial charge in [0.15, 0.2) is 0 Å². The van der Waals surface area contributed by atoms with E-state index >= 15 is 0 Å². The highest BCUT2D eigenvalue weighted by atomic mass is 32.1. The third-order valence-corrected chi connectivity index (χ3v) is 1.77. The quantitative estimate of drug-likeness (QED) is 0.605. The van der Waals surface area contributed by atoms with E-state index in [0.29, 0.717) is 12.1 Å². The van der Waals surface area contributed by atoms with Crippen molar-refractivity contribution in [3.8, 4) is 12.3 Å². The molecule has 0 fully saturated rings. The first kappa shape index (κ1) is 7.98. The van der Waals surface area contributed by atoms with Gasteiger partial charge in [0.2, 0.25) is 0 Å². The summed E-state index contributed by atoms with van der Waals surface area (Å²) in [5.41, 5.74) is 5.62. The van der Waals surface area contributed by atoms with Crippen molar-refractivity contribution >= 4 is 11.7 Å². The van der Waals surface area contributed by atoms with E-state index < -0.39 is 6.04 Å². The molecule has 3 N–H and O–H groups in total. The van der Waals surface area contributed by atoms with Crippen LogP contribution >= 0.6 is 11.7 Å². The molecule has 1 atom stereocenters. The number of aromatic nitrogens is 2. The van der Waals surface area contributed by atoms with Crippen LogP contribution in [0.4, 0.5) is 0 Å². The van der Waals surface area contributed by atoms with Gasteiger partial charge in [-0.05, 0) is 0 Å². The van der Waals surface area contributed by atoms with E-state index in [9.17, 15) is 4.79 Å². The van der Waals surface area contributed by atoms with Crippen molar-refractivity contribution in [3.05, 3.63) is 16.0 Å². The van der Waals surface area contributed by atoms with E-state index in [1.165, 1.54) is 0 Å². The number of nitrogens with zero attached hydrogens (tertiary/aromatic N) is 1. The fourth-order valence-electron chi connectivity index (χ4n) is 0.667. The summed E-state index contributed by atoms with van der Waals surface area (Å²) in [6, 6.07) is -0.435. The Kier molecular flexibility index (Phi) is 2.41. The van der Waals surface area contributed by atoms with Crippen LogP contribution in [0.3, 0.4) is 0 Å². The lowest BCUT2D eigenvalue weighted by molar-refractivity contribution is 0.727. The summed E-state index contributed by atoms with van der Waals surface area (Å²) in [6.45, 7) is 0. The highest BCUT2D eigenvalue weighted by Gasteiger charge is 2.10. The SMILES string of the molecule is C#CC[C@@H](N)c1ns[nH]c1=O. The zero-order chi connectivity index (χ0) is 8.27. The Bertz CT molecular complexity index is 321. The Morgan fingerprint density at radius 2 is 2.64 bits per heavy atom. The van der Waals surface area contributed by atoms with Gasteiger partial charge in [0.1, 0.15) is 5.69 Å². The van der Waals surface area contributed by atoms with Gasteiger partial charge in [-0.15, -0.1) is 12.3 Å². The lowest BCUT2D eigenvalue weighted by atomic mass is 10.2. The molecule has 0 saturated heterocycles. The van der Waals surface area contributed by atoms with Crippen molar-refractivity contribution in [1.82, 2.24) is 8.75 Å². The first-order valence-corrected chi connectivity index (χ1v) is 3.76. The van der Waals surface area contributed by atoms with Gasteiger partial charge in [-0.3, -0.25) is 9.17 Å². The third-order valence-electron chi connectivity index (χ3n) is 1.20. The molecular weight excluding hydrogens is 162 g/mol. The summed E-state index contributed by atoms with van der Waals surface area (Å²) in [6.07, 6.45) is 5.36. The summed E-state index contributed by atoms with van der Waals surface area (Å²) >= 11 is 0.984. The summed E-state index contributed by atoms with van der Waals surface area (Å²) in [7, 11) is 0. The van der Waals surface area contributed by atoms with Crippen LogP contribution < -0.4 is 11.3 Å². The Balaban J connectivity index is 2.86. The van der Waals surface area contributed by atoms with Crippen molar-refractivity contribution in [1.29, 1.82) is 0 Å². The monoisotopic (exact) mass is 169 g/mol. The van der Waals surface area contributed by atoms with Gasteiger partial charge in [-0.2, -0.15) is 4.37 Å². The van der Waals surface area contributed by atoms with Gasteiger partial charge in [0.05, 0.1) is 6.04 Å². The first-order valence-electron chi connectivity index (χ1n) is 2.99. The van der Waals surface area contributed by atoms with E-state index in [1.54, 1.807) is 0 Å². The maximum atomic E-state index is 10.9. The zero-order valence-electron chi connectivity index (χ0n) is 5.70. The molecule has 0 spiro atoms. The van der Waals surface area contributed by atoms with Gasteiger partial charge in [-0.25, -0.2) is 0 Å². The predicted molar refractivity (Wildman–Crippen MR) is 43.1 cm³/mol. The summed E-state index contributed by atoms with van der Waals surface area (Å²) in [5.74, 6) is 2.37. The van der Waals surface area contributed by atoms with Crippen molar-refractivity contribution in [2.24, 2.45) is 5.73 Å². The third kappa shape index (κ3) is 1.67. The summed E-state index contributed by atoms with van der Waals surface area (Å²) in [5, 5.41) is 0. The van der Waals surface area contributed by atoms with Gasteiger partial charge < -0.3 is 5.73 Å². The van der Waals surface area contributed by atoms with Crippen LogP contribution in [0.1, 0.15) is 18.2 Å². The number of rotatable bonds is 2. The van der Waals surface area contributed by atoms with Crippen molar-refractivity contribution < 1.29 is 0 Å². The number of aromatic amines is 1. The molecule has 0 bridgehead atoms. The first-order chi connectivity index (χ1) is 5.25. The average molecular weight is 169 g/mol. The van der Waals surface area contributed by atoms with Crippen molar-refractivity contribution in [3.63, 3.8) is 0 Å². The number of terminal acetylenes is 1. The molecule has 1 aromatic rings. The van der Waals surface area contributed by atoms with E-state index in [1.807, 2.05) is 0 Å². The average Bonchev–Trinajstić information content (AvgIpc) is 2.36. The fourth-order valence-corrected chi connectivity index (χ4v) is 1.22. The minimum Gasteiger partial charge on any atom is -0.322 e. The van der Waals surface area contributed by atoms with Crippen LogP contribution in [0.2, 0.25) is 0 Å². The molecule has 1 rings (SSSR count). The number of hydrogen-bond acceptors (Lipinski definition) is 4. The number of nitrogens with two attached hydrogens (primary N) is 1. The summed E-state index contributed by atoms with van der Waals surface area (Å²) in [4.78, 5) is 10.9. The molecule has 0 unspecified atom stereocenters. The predicted octanol–water partition coefficient (Wildman–Crippen LogP) is -0.145. The second kappa shape index (κ2) is 3.32. The van der Waals surface area contributed by atoms with Crippen LogP contribution in [0, 0.1) is 12.3 Å². The van der Waals surface area contributed by atoms with Crippen LogP contribution in [0.5, 0.6) is 0 Å². The van der Waals surface area contributed by atoms with Gasteiger partial charge in [-0.1, -0.05) is 0 Å². The Morgan fingerprint density at radius 1 is 1.91 bits per heavy atom. The maximum Gasteiger partial charge on any atom is 0.282 e. The largest absolute Gasteiger partial charge is 0.322 e.